The van der Waals surface area contributed by atoms with Gasteiger partial charge in [-0.15, -0.1) is 0 Å². The first-order valence-corrected chi connectivity index (χ1v) is 12.5. The summed E-state index contributed by atoms with van der Waals surface area (Å²) in [5.74, 6) is 0.466. The molecule has 0 spiro atoms. The number of fused-ring (bicyclic) bond motifs is 1. The normalized spacial score (nSPS) is 13.7. The number of halogens is 1. The Morgan fingerprint density at radius 3 is 2.50 bits per heavy atom. The molecule has 0 aliphatic carbocycles. The number of anilines is 1. The van der Waals surface area contributed by atoms with Gasteiger partial charge in [0.1, 0.15) is 18.0 Å². The van der Waals surface area contributed by atoms with E-state index in [9.17, 15) is 9.18 Å². The molecule has 1 fully saturated rings. The maximum atomic E-state index is 14.0. The minimum Gasteiger partial charge on any atom is -0.353 e. The summed E-state index contributed by atoms with van der Waals surface area (Å²) >= 11 is 0. The van der Waals surface area contributed by atoms with Crippen LogP contribution in [0.2, 0.25) is 0 Å². The van der Waals surface area contributed by atoms with Crippen LogP contribution >= 0.6 is 0 Å². The largest absolute Gasteiger partial charge is 0.353 e. The number of hydrogen-bond acceptors (Lipinski definition) is 6. The van der Waals surface area contributed by atoms with E-state index in [-0.39, 0.29) is 18.1 Å². The van der Waals surface area contributed by atoms with Crippen molar-refractivity contribution in [3.8, 4) is 22.3 Å². The standard InChI is InChI=1S/C29H26FN7O/c1-35-18-23(16-34-35)22-12-24(25-17-31-19-33-27(25)13-22)21-6-7-28(32-15-21)36-8-10-37(11-9-36)29(38)14-20-4-2-3-5-26(20)30/h2-7,12-13,15-19H,8-11,14H2,1H3. The molecule has 4 heterocycles. The Morgan fingerprint density at radius 1 is 0.921 bits per heavy atom. The van der Waals surface area contributed by atoms with Crippen LogP contribution in [0.3, 0.4) is 0 Å². The molecule has 2 aromatic carbocycles. The summed E-state index contributed by atoms with van der Waals surface area (Å²) in [7, 11) is 1.90. The van der Waals surface area contributed by atoms with Crippen LogP contribution in [0.15, 0.2) is 79.6 Å². The highest BCUT2D eigenvalue weighted by Gasteiger charge is 2.23. The Kier molecular flexibility index (Phi) is 6.25. The minimum atomic E-state index is -0.339. The van der Waals surface area contributed by atoms with E-state index in [0.717, 1.165) is 39.0 Å². The van der Waals surface area contributed by atoms with Crippen LogP contribution in [0.1, 0.15) is 5.56 Å². The van der Waals surface area contributed by atoms with Crippen molar-refractivity contribution in [2.24, 2.45) is 7.05 Å². The Hall–Kier alpha value is -4.66. The van der Waals surface area contributed by atoms with Gasteiger partial charge in [-0.25, -0.2) is 19.3 Å². The minimum absolute atomic E-state index is 0.0550. The lowest BCUT2D eigenvalue weighted by atomic mass is 9.97. The number of carbonyl (C=O) groups excluding carboxylic acids is 1. The van der Waals surface area contributed by atoms with E-state index in [1.165, 1.54) is 6.07 Å². The van der Waals surface area contributed by atoms with E-state index in [1.54, 1.807) is 34.1 Å². The van der Waals surface area contributed by atoms with Crippen molar-refractivity contribution in [3.05, 3.63) is 91.0 Å². The third-order valence-corrected chi connectivity index (χ3v) is 6.98. The van der Waals surface area contributed by atoms with Crippen molar-refractivity contribution in [1.82, 2.24) is 29.6 Å². The van der Waals surface area contributed by atoms with Gasteiger partial charge in [-0.3, -0.25) is 9.48 Å². The number of nitrogens with zero attached hydrogens (tertiary/aromatic N) is 7. The molecule has 0 radical (unpaired) electrons. The average molecular weight is 508 g/mol. The molecule has 0 unspecified atom stereocenters. The van der Waals surface area contributed by atoms with E-state index in [0.29, 0.717) is 31.7 Å². The molecule has 1 amide bonds. The zero-order valence-corrected chi connectivity index (χ0v) is 21.0. The molecule has 38 heavy (non-hydrogen) atoms. The SMILES string of the molecule is Cn1cc(-c2cc(-c3ccc(N4CCN(C(=O)Cc5ccccc5F)CC4)nc3)c3cncnc3c2)cn1. The fourth-order valence-electron chi connectivity index (χ4n) is 4.89. The van der Waals surface area contributed by atoms with Crippen LogP contribution < -0.4 is 4.90 Å². The highest BCUT2D eigenvalue weighted by atomic mass is 19.1. The summed E-state index contributed by atoms with van der Waals surface area (Å²) < 4.78 is 15.7. The molecule has 0 bridgehead atoms. The molecule has 0 saturated carbocycles. The van der Waals surface area contributed by atoms with Gasteiger partial charge in [0.2, 0.25) is 5.91 Å². The lowest BCUT2D eigenvalue weighted by molar-refractivity contribution is -0.130. The van der Waals surface area contributed by atoms with Crippen molar-refractivity contribution < 1.29 is 9.18 Å². The van der Waals surface area contributed by atoms with Crippen molar-refractivity contribution >= 4 is 22.6 Å². The van der Waals surface area contributed by atoms with Gasteiger partial charge >= 0.3 is 0 Å². The predicted octanol–water partition coefficient (Wildman–Crippen LogP) is 4.12. The highest BCUT2D eigenvalue weighted by molar-refractivity contribution is 5.97. The van der Waals surface area contributed by atoms with Crippen molar-refractivity contribution in [2.75, 3.05) is 31.1 Å². The van der Waals surface area contributed by atoms with Crippen LogP contribution in [0.25, 0.3) is 33.2 Å². The Morgan fingerprint density at radius 2 is 1.76 bits per heavy atom. The number of rotatable bonds is 5. The van der Waals surface area contributed by atoms with Gasteiger partial charge in [0.15, 0.2) is 0 Å². The first kappa shape index (κ1) is 23.7. The Balaban J connectivity index is 1.18. The van der Waals surface area contributed by atoms with Crippen molar-refractivity contribution in [3.63, 3.8) is 0 Å². The average Bonchev–Trinajstić information content (AvgIpc) is 3.40. The molecule has 1 aliphatic heterocycles. The zero-order chi connectivity index (χ0) is 26.1. The first-order chi connectivity index (χ1) is 18.5. The fourth-order valence-corrected chi connectivity index (χ4v) is 4.89. The van der Waals surface area contributed by atoms with Crippen LogP contribution in [0.4, 0.5) is 10.2 Å². The zero-order valence-electron chi connectivity index (χ0n) is 21.0. The van der Waals surface area contributed by atoms with Gasteiger partial charge in [0.25, 0.3) is 0 Å². The number of amides is 1. The van der Waals surface area contributed by atoms with E-state index < -0.39 is 0 Å². The van der Waals surface area contributed by atoms with Gasteiger partial charge in [-0.2, -0.15) is 5.10 Å². The molecular weight excluding hydrogens is 481 g/mol. The van der Waals surface area contributed by atoms with Gasteiger partial charge in [-0.1, -0.05) is 18.2 Å². The number of piperazine rings is 1. The molecule has 8 nitrogen and oxygen atoms in total. The summed E-state index contributed by atoms with van der Waals surface area (Å²) in [6, 6.07) is 14.7. The maximum absolute atomic E-state index is 14.0. The number of hydrogen-bond donors (Lipinski definition) is 0. The summed E-state index contributed by atoms with van der Waals surface area (Å²) in [6.45, 7) is 2.49. The van der Waals surface area contributed by atoms with Gasteiger partial charge in [0, 0.05) is 68.3 Å². The smallest absolute Gasteiger partial charge is 0.227 e. The topological polar surface area (TPSA) is 80.0 Å². The fraction of sp³-hybridized carbons (Fsp3) is 0.207. The molecule has 3 aromatic heterocycles. The van der Waals surface area contributed by atoms with Crippen LogP contribution in [-0.4, -0.2) is 61.7 Å². The molecule has 0 N–H and O–H groups in total. The third-order valence-electron chi connectivity index (χ3n) is 6.98. The quantitative estimate of drug-likeness (QED) is 0.356. The van der Waals surface area contributed by atoms with E-state index in [4.69, 9.17) is 4.98 Å². The molecule has 1 saturated heterocycles. The number of carbonyl (C=O) groups is 1. The van der Waals surface area contributed by atoms with Crippen molar-refractivity contribution in [1.29, 1.82) is 0 Å². The summed E-state index contributed by atoms with van der Waals surface area (Å²) in [4.78, 5) is 30.2. The number of pyridine rings is 1. The summed E-state index contributed by atoms with van der Waals surface area (Å²) in [6.07, 6.45) is 9.16. The Bertz CT molecular complexity index is 1610. The molecule has 0 atom stereocenters. The van der Waals surface area contributed by atoms with E-state index in [1.807, 2.05) is 44.0 Å². The van der Waals surface area contributed by atoms with Gasteiger partial charge in [0.05, 0.1) is 18.1 Å². The summed E-state index contributed by atoms with van der Waals surface area (Å²) in [5, 5.41) is 5.26. The van der Waals surface area contributed by atoms with Crippen LogP contribution in [0.5, 0.6) is 0 Å². The molecule has 190 valence electrons. The van der Waals surface area contributed by atoms with Gasteiger partial charge < -0.3 is 9.80 Å². The van der Waals surface area contributed by atoms with E-state index >= 15 is 0 Å². The summed E-state index contributed by atoms with van der Waals surface area (Å²) in [5.41, 5.74) is 5.31. The maximum Gasteiger partial charge on any atom is 0.227 e. The molecule has 5 aromatic rings. The second-order valence-electron chi connectivity index (χ2n) is 9.42. The van der Waals surface area contributed by atoms with Crippen LogP contribution in [0, 0.1) is 5.82 Å². The van der Waals surface area contributed by atoms with Crippen LogP contribution in [-0.2, 0) is 18.3 Å². The van der Waals surface area contributed by atoms with E-state index in [2.05, 4.69) is 32.1 Å². The third kappa shape index (κ3) is 4.70. The lowest BCUT2D eigenvalue weighted by Gasteiger charge is -2.35. The first-order valence-electron chi connectivity index (χ1n) is 12.5. The highest BCUT2D eigenvalue weighted by Crippen LogP contribution is 2.33. The predicted molar refractivity (Wildman–Crippen MR) is 144 cm³/mol. The monoisotopic (exact) mass is 507 g/mol. The molecule has 1 aliphatic rings. The molecule has 6 rings (SSSR count). The number of aromatic nitrogens is 5. The van der Waals surface area contributed by atoms with Crippen molar-refractivity contribution in [2.45, 2.75) is 6.42 Å². The molecular formula is C29H26FN7O. The Labute approximate surface area is 219 Å². The molecule has 9 heteroatoms. The van der Waals surface area contributed by atoms with Gasteiger partial charge in [-0.05, 0) is 47.0 Å². The second kappa shape index (κ2) is 10.0. The second-order valence-corrected chi connectivity index (χ2v) is 9.42. The number of benzene rings is 2. The lowest BCUT2D eigenvalue weighted by Crippen LogP contribution is -2.49. The number of aryl methyl sites for hydroxylation is 1.